The maximum Gasteiger partial charge on any atom is 0.272 e. The topological polar surface area (TPSA) is 90.0 Å². The smallest absolute Gasteiger partial charge is 0.272 e. The van der Waals surface area contributed by atoms with Gasteiger partial charge < -0.3 is 9.47 Å². The van der Waals surface area contributed by atoms with Crippen LogP contribution in [0.25, 0.3) is 0 Å². The SMILES string of the molecule is CCOc1cc(C(CS(C)(=O)=O)N2C(=O)c3scc(Br)c3C2=O)ccc1OC. The van der Waals surface area contributed by atoms with Crippen LogP contribution >= 0.6 is 27.3 Å². The van der Waals surface area contributed by atoms with Crippen molar-refractivity contribution in [1.29, 1.82) is 0 Å². The van der Waals surface area contributed by atoms with Crippen molar-refractivity contribution in [3.63, 3.8) is 0 Å². The van der Waals surface area contributed by atoms with Crippen LogP contribution in [0.3, 0.4) is 0 Å². The Balaban J connectivity index is 2.10. The molecule has 1 aromatic carbocycles. The van der Waals surface area contributed by atoms with E-state index >= 15 is 0 Å². The molecule has 2 aromatic rings. The summed E-state index contributed by atoms with van der Waals surface area (Å²) in [5, 5.41) is 1.67. The first-order chi connectivity index (χ1) is 13.2. The predicted molar refractivity (Wildman–Crippen MR) is 109 cm³/mol. The van der Waals surface area contributed by atoms with E-state index in [1.54, 1.807) is 23.6 Å². The van der Waals surface area contributed by atoms with Gasteiger partial charge in [-0.3, -0.25) is 14.5 Å². The minimum absolute atomic E-state index is 0.270. The lowest BCUT2D eigenvalue weighted by molar-refractivity contribution is 0.0598. The lowest BCUT2D eigenvalue weighted by atomic mass is 10.1. The second kappa shape index (κ2) is 7.84. The van der Waals surface area contributed by atoms with Gasteiger partial charge in [-0.2, -0.15) is 0 Å². The van der Waals surface area contributed by atoms with Gasteiger partial charge in [-0.15, -0.1) is 11.3 Å². The molecule has 1 aromatic heterocycles. The van der Waals surface area contributed by atoms with Crippen LogP contribution in [-0.2, 0) is 9.84 Å². The number of carbonyl (C=O) groups excluding carboxylic acids is 2. The Bertz CT molecular complexity index is 1050. The number of rotatable bonds is 7. The summed E-state index contributed by atoms with van der Waals surface area (Å²) in [6.45, 7) is 2.19. The summed E-state index contributed by atoms with van der Waals surface area (Å²) in [5.74, 6) is -0.524. The van der Waals surface area contributed by atoms with E-state index in [-0.39, 0.29) is 5.56 Å². The highest BCUT2D eigenvalue weighted by Gasteiger charge is 2.44. The maximum absolute atomic E-state index is 13.0. The highest BCUT2D eigenvalue weighted by molar-refractivity contribution is 9.10. The Morgan fingerprint density at radius 1 is 1.21 bits per heavy atom. The molecule has 1 aliphatic rings. The average molecular weight is 488 g/mol. The standard InChI is InChI=1S/C18H18BrNO6S2/c1-4-26-14-7-10(5-6-13(14)25-2)12(9-28(3,23)24)20-17(21)15-11(19)8-27-16(15)18(20)22/h5-8,12H,4,9H2,1-3H3. The summed E-state index contributed by atoms with van der Waals surface area (Å²) in [6.07, 6.45) is 1.07. The Kier molecular flexibility index (Phi) is 5.83. The van der Waals surface area contributed by atoms with Gasteiger partial charge in [-0.25, -0.2) is 8.42 Å². The minimum Gasteiger partial charge on any atom is -0.493 e. The monoisotopic (exact) mass is 487 g/mol. The van der Waals surface area contributed by atoms with E-state index < -0.39 is 33.4 Å². The summed E-state index contributed by atoms with van der Waals surface area (Å²) in [7, 11) is -2.01. The van der Waals surface area contributed by atoms with Gasteiger partial charge in [0.2, 0.25) is 0 Å². The molecule has 2 heterocycles. The fraction of sp³-hybridized carbons (Fsp3) is 0.333. The summed E-state index contributed by atoms with van der Waals surface area (Å²) < 4.78 is 35.5. The van der Waals surface area contributed by atoms with Crippen molar-refractivity contribution >= 4 is 48.9 Å². The van der Waals surface area contributed by atoms with Gasteiger partial charge in [0.15, 0.2) is 11.5 Å². The molecule has 0 radical (unpaired) electrons. The fourth-order valence-corrected chi connectivity index (χ4v) is 5.62. The molecule has 0 N–H and O–H groups in total. The summed E-state index contributed by atoms with van der Waals surface area (Å²) in [5.41, 5.74) is 0.745. The Labute approximate surface area is 175 Å². The van der Waals surface area contributed by atoms with Gasteiger partial charge in [0.1, 0.15) is 14.7 Å². The quantitative estimate of drug-likeness (QED) is 0.556. The number of halogens is 1. The molecular formula is C18H18BrNO6S2. The lowest BCUT2D eigenvalue weighted by Crippen LogP contribution is -2.37. The van der Waals surface area contributed by atoms with Crippen molar-refractivity contribution in [2.75, 3.05) is 25.7 Å². The first-order valence-corrected chi connectivity index (χ1v) is 12.0. The third-order valence-corrected chi connectivity index (χ3v) is 7.05. The lowest BCUT2D eigenvalue weighted by Gasteiger charge is -2.27. The van der Waals surface area contributed by atoms with Gasteiger partial charge in [0.25, 0.3) is 11.8 Å². The van der Waals surface area contributed by atoms with Crippen LogP contribution in [-0.4, -0.2) is 50.9 Å². The first-order valence-electron chi connectivity index (χ1n) is 8.31. The molecule has 0 aliphatic carbocycles. The molecule has 0 saturated heterocycles. The molecule has 0 saturated carbocycles. The number of carbonyl (C=O) groups is 2. The van der Waals surface area contributed by atoms with Gasteiger partial charge >= 0.3 is 0 Å². The van der Waals surface area contributed by atoms with E-state index in [9.17, 15) is 18.0 Å². The number of methoxy groups -OCH3 is 1. The number of fused-ring (bicyclic) bond motifs is 1. The Morgan fingerprint density at radius 2 is 1.93 bits per heavy atom. The molecule has 2 amide bonds. The molecule has 0 bridgehead atoms. The summed E-state index contributed by atoms with van der Waals surface area (Å²) in [6, 6.07) is 3.90. The number of hydrogen-bond acceptors (Lipinski definition) is 7. The number of benzene rings is 1. The van der Waals surface area contributed by atoms with Crippen LogP contribution in [0.15, 0.2) is 28.1 Å². The second-order valence-corrected chi connectivity index (χ2v) is 10.1. The zero-order valence-corrected chi connectivity index (χ0v) is 18.6. The van der Waals surface area contributed by atoms with E-state index in [0.29, 0.717) is 33.0 Å². The summed E-state index contributed by atoms with van der Waals surface area (Å²) in [4.78, 5) is 27.2. The van der Waals surface area contributed by atoms with Crippen LogP contribution in [0.1, 0.15) is 38.6 Å². The Hall–Kier alpha value is -1.91. The normalized spacial score (nSPS) is 14.9. The maximum atomic E-state index is 13.0. The molecule has 1 atom stereocenters. The van der Waals surface area contributed by atoms with Crippen molar-refractivity contribution < 1.29 is 27.5 Å². The molecule has 0 fully saturated rings. The molecule has 28 heavy (non-hydrogen) atoms. The zero-order valence-electron chi connectivity index (χ0n) is 15.4. The average Bonchev–Trinajstić information content (AvgIpc) is 3.12. The molecule has 1 unspecified atom stereocenters. The largest absolute Gasteiger partial charge is 0.493 e. The molecule has 150 valence electrons. The number of nitrogens with zero attached hydrogens (tertiary/aromatic N) is 1. The van der Waals surface area contributed by atoms with Crippen LogP contribution < -0.4 is 9.47 Å². The summed E-state index contributed by atoms with van der Waals surface area (Å²) >= 11 is 4.44. The van der Waals surface area contributed by atoms with Gasteiger partial charge in [-0.1, -0.05) is 6.07 Å². The molecule has 3 rings (SSSR count). The van der Waals surface area contributed by atoms with Crippen molar-refractivity contribution in [1.82, 2.24) is 4.90 Å². The van der Waals surface area contributed by atoms with E-state index in [1.807, 2.05) is 6.92 Å². The highest BCUT2D eigenvalue weighted by atomic mass is 79.9. The molecule has 0 spiro atoms. The zero-order chi connectivity index (χ0) is 20.6. The second-order valence-electron chi connectivity index (χ2n) is 6.22. The number of thiophene rings is 1. The fourth-order valence-electron chi connectivity index (χ4n) is 3.07. The molecule has 1 aliphatic heterocycles. The van der Waals surface area contributed by atoms with Crippen LogP contribution in [0.5, 0.6) is 11.5 Å². The number of ether oxygens (including phenoxy) is 2. The third-order valence-electron chi connectivity index (χ3n) is 4.24. The van der Waals surface area contributed by atoms with Crippen molar-refractivity contribution in [3.8, 4) is 11.5 Å². The molecule has 10 heteroatoms. The van der Waals surface area contributed by atoms with E-state index in [4.69, 9.17) is 9.47 Å². The van der Waals surface area contributed by atoms with E-state index in [1.165, 1.54) is 7.11 Å². The number of sulfone groups is 1. The van der Waals surface area contributed by atoms with Gasteiger partial charge in [0.05, 0.1) is 31.1 Å². The van der Waals surface area contributed by atoms with Crippen LogP contribution in [0, 0.1) is 0 Å². The molecular weight excluding hydrogens is 470 g/mol. The van der Waals surface area contributed by atoms with Gasteiger partial charge in [-0.05, 0) is 40.5 Å². The first kappa shape index (κ1) is 20.8. The number of imide groups is 1. The van der Waals surface area contributed by atoms with Crippen molar-refractivity contribution in [2.45, 2.75) is 13.0 Å². The van der Waals surface area contributed by atoms with E-state index in [2.05, 4.69) is 15.9 Å². The minimum atomic E-state index is -3.50. The Morgan fingerprint density at radius 3 is 2.50 bits per heavy atom. The van der Waals surface area contributed by atoms with Gasteiger partial charge in [0, 0.05) is 16.1 Å². The number of amides is 2. The molecule has 7 nitrogen and oxygen atoms in total. The van der Waals surface area contributed by atoms with E-state index in [0.717, 1.165) is 22.5 Å². The van der Waals surface area contributed by atoms with Crippen LogP contribution in [0.2, 0.25) is 0 Å². The van der Waals surface area contributed by atoms with Crippen molar-refractivity contribution in [3.05, 3.63) is 44.1 Å². The van der Waals surface area contributed by atoms with Crippen LogP contribution in [0.4, 0.5) is 0 Å². The third kappa shape index (κ3) is 3.81. The highest BCUT2D eigenvalue weighted by Crippen LogP contribution is 2.40. The van der Waals surface area contributed by atoms with Crippen molar-refractivity contribution in [2.24, 2.45) is 0 Å². The number of hydrogen-bond donors (Lipinski definition) is 0. The predicted octanol–water partition coefficient (Wildman–Crippen LogP) is 3.30.